The fourth-order valence-corrected chi connectivity index (χ4v) is 3.08. The van der Waals surface area contributed by atoms with Crippen LogP contribution >= 0.6 is 0 Å². The first-order chi connectivity index (χ1) is 9.77. The van der Waals surface area contributed by atoms with Gasteiger partial charge in [-0.05, 0) is 24.4 Å². The molecule has 2 N–H and O–H groups in total. The van der Waals surface area contributed by atoms with E-state index >= 15 is 0 Å². The third-order valence-electron chi connectivity index (χ3n) is 4.26. The number of carbonyl (C=O) groups is 1. The molecule has 1 aromatic carbocycles. The summed E-state index contributed by atoms with van der Waals surface area (Å²) >= 11 is 0. The number of hydrogen-bond donors (Lipinski definition) is 2. The van der Waals surface area contributed by atoms with E-state index in [9.17, 15) is 9.90 Å². The zero-order chi connectivity index (χ0) is 14.2. The van der Waals surface area contributed by atoms with Gasteiger partial charge in [-0.25, -0.2) is 0 Å². The summed E-state index contributed by atoms with van der Waals surface area (Å²) in [5, 5.41) is 12.5. The zero-order valence-corrected chi connectivity index (χ0v) is 12.1. The van der Waals surface area contributed by atoms with Gasteiger partial charge >= 0.3 is 5.97 Å². The predicted molar refractivity (Wildman–Crippen MR) is 80.6 cm³/mol. The normalized spacial score (nSPS) is 18.4. The molecule has 0 spiro atoms. The highest BCUT2D eigenvalue weighted by atomic mass is 16.4. The molecule has 0 heterocycles. The summed E-state index contributed by atoms with van der Waals surface area (Å²) in [6.45, 7) is 0.788. The molecule has 0 amide bonds. The number of carboxylic acid groups (broad SMARTS) is 1. The molecule has 1 aromatic rings. The Kier molecular flexibility index (Phi) is 6.06. The molecule has 2 rings (SSSR count). The van der Waals surface area contributed by atoms with Crippen molar-refractivity contribution in [3.8, 4) is 0 Å². The van der Waals surface area contributed by atoms with Crippen LogP contribution in [0.2, 0.25) is 0 Å². The quantitative estimate of drug-likeness (QED) is 0.777. The Morgan fingerprint density at radius 2 is 1.80 bits per heavy atom. The number of carboxylic acids is 1. The highest BCUT2D eigenvalue weighted by Gasteiger charge is 2.19. The summed E-state index contributed by atoms with van der Waals surface area (Å²) in [5.41, 5.74) is 0.834. The largest absolute Gasteiger partial charge is 0.480 e. The molecule has 0 aromatic heterocycles. The van der Waals surface area contributed by atoms with E-state index in [1.54, 1.807) is 0 Å². The smallest absolute Gasteiger partial charge is 0.325 e. The summed E-state index contributed by atoms with van der Waals surface area (Å²) in [7, 11) is 0. The average Bonchev–Trinajstić information content (AvgIpc) is 2.73. The second-order valence-electron chi connectivity index (χ2n) is 5.78. The first-order valence-corrected chi connectivity index (χ1v) is 7.78. The molecule has 0 radical (unpaired) electrons. The maximum atomic E-state index is 11.4. The summed E-state index contributed by atoms with van der Waals surface area (Å²) in [6.07, 6.45) is 9.13. The minimum atomic E-state index is -0.794. The van der Waals surface area contributed by atoms with E-state index in [1.165, 1.54) is 38.5 Å². The molecular weight excluding hydrogens is 250 g/mol. The van der Waals surface area contributed by atoms with Gasteiger partial charge in [-0.1, -0.05) is 68.9 Å². The monoisotopic (exact) mass is 275 g/mol. The van der Waals surface area contributed by atoms with Crippen LogP contribution in [0.3, 0.4) is 0 Å². The summed E-state index contributed by atoms with van der Waals surface area (Å²) in [5.74, 6) is -0.0210. The van der Waals surface area contributed by atoms with Gasteiger partial charge in [-0.15, -0.1) is 0 Å². The SMILES string of the molecule is O=C(O)[C@@H](NCCC1CCCCCC1)c1ccccc1. The van der Waals surface area contributed by atoms with Gasteiger partial charge in [0.05, 0.1) is 0 Å². The molecule has 3 heteroatoms. The van der Waals surface area contributed by atoms with Crippen LogP contribution in [0.5, 0.6) is 0 Å². The van der Waals surface area contributed by atoms with Crippen LogP contribution < -0.4 is 5.32 Å². The maximum Gasteiger partial charge on any atom is 0.325 e. The molecule has 1 saturated carbocycles. The first kappa shape index (κ1) is 15.0. The number of nitrogens with one attached hydrogen (secondary N) is 1. The topological polar surface area (TPSA) is 49.3 Å². The summed E-state index contributed by atoms with van der Waals surface area (Å²) in [4.78, 5) is 11.4. The number of rotatable bonds is 6. The van der Waals surface area contributed by atoms with Crippen LogP contribution in [-0.4, -0.2) is 17.6 Å². The van der Waals surface area contributed by atoms with E-state index in [0.29, 0.717) is 0 Å². The van der Waals surface area contributed by atoms with E-state index in [4.69, 9.17) is 0 Å². The molecule has 1 atom stereocenters. The van der Waals surface area contributed by atoms with Gasteiger partial charge in [0, 0.05) is 0 Å². The minimum absolute atomic E-state index is 0.582. The van der Waals surface area contributed by atoms with Gasteiger partial charge in [0.2, 0.25) is 0 Å². The van der Waals surface area contributed by atoms with Crippen molar-refractivity contribution < 1.29 is 9.90 Å². The van der Waals surface area contributed by atoms with Gasteiger partial charge in [-0.2, -0.15) is 0 Å². The van der Waals surface area contributed by atoms with Crippen LogP contribution in [0, 0.1) is 5.92 Å². The van der Waals surface area contributed by atoms with E-state index in [0.717, 1.165) is 24.4 Å². The van der Waals surface area contributed by atoms with E-state index < -0.39 is 12.0 Å². The first-order valence-electron chi connectivity index (χ1n) is 7.78. The van der Waals surface area contributed by atoms with E-state index in [2.05, 4.69) is 5.32 Å². The Bertz CT molecular complexity index is 397. The molecule has 0 bridgehead atoms. The molecule has 1 fully saturated rings. The number of hydrogen-bond acceptors (Lipinski definition) is 2. The van der Waals surface area contributed by atoms with Crippen LogP contribution in [0.4, 0.5) is 0 Å². The van der Waals surface area contributed by atoms with Crippen molar-refractivity contribution in [2.45, 2.75) is 51.0 Å². The minimum Gasteiger partial charge on any atom is -0.480 e. The van der Waals surface area contributed by atoms with Gasteiger partial charge in [-0.3, -0.25) is 4.79 Å². The van der Waals surface area contributed by atoms with Crippen LogP contribution in [0.1, 0.15) is 56.6 Å². The molecule has 1 aliphatic rings. The molecule has 1 aliphatic carbocycles. The number of aliphatic carboxylic acids is 1. The predicted octanol–water partition coefficient (Wildman–Crippen LogP) is 3.76. The number of benzene rings is 1. The fourth-order valence-electron chi connectivity index (χ4n) is 3.08. The molecule has 0 saturated heterocycles. The van der Waals surface area contributed by atoms with Gasteiger partial charge in [0.15, 0.2) is 0 Å². The van der Waals surface area contributed by atoms with Gasteiger partial charge < -0.3 is 10.4 Å². The lowest BCUT2D eigenvalue weighted by molar-refractivity contribution is -0.139. The van der Waals surface area contributed by atoms with Crippen molar-refractivity contribution in [3.63, 3.8) is 0 Å². The van der Waals surface area contributed by atoms with Crippen molar-refractivity contribution in [1.29, 1.82) is 0 Å². The second-order valence-corrected chi connectivity index (χ2v) is 5.78. The van der Waals surface area contributed by atoms with Crippen molar-refractivity contribution >= 4 is 5.97 Å². The molecule has 0 unspecified atom stereocenters. The maximum absolute atomic E-state index is 11.4. The van der Waals surface area contributed by atoms with E-state index in [1.807, 2.05) is 30.3 Å². The average molecular weight is 275 g/mol. The molecule has 0 aliphatic heterocycles. The lowest BCUT2D eigenvalue weighted by Gasteiger charge is -2.18. The lowest BCUT2D eigenvalue weighted by atomic mass is 9.96. The Morgan fingerprint density at radius 3 is 2.40 bits per heavy atom. The Morgan fingerprint density at radius 1 is 1.15 bits per heavy atom. The van der Waals surface area contributed by atoms with Crippen molar-refractivity contribution in [3.05, 3.63) is 35.9 Å². The van der Waals surface area contributed by atoms with Crippen molar-refractivity contribution in [2.24, 2.45) is 5.92 Å². The second kappa shape index (κ2) is 8.05. The Hall–Kier alpha value is -1.35. The zero-order valence-electron chi connectivity index (χ0n) is 12.1. The highest BCUT2D eigenvalue weighted by Crippen LogP contribution is 2.25. The molecule has 3 nitrogen and oxygen atoms in total. The van der Waals surface area contributed by atoms with Crippen molar-refractivity contribution in [1.82, 2.24) is 5.32 Å². The summed E-state index contributed by atoms with van der Waals surface area (Å²) in [6, 6.07) is 8.85. The Labute approximate surface area is 121 Å². The standard InChI is InChI=1S/C17H25NO2/c19-17(20)16(15-10-6-3-7-11-15)18-13-12-14-8-4-1-2-5-9-14/h3,6-7,10-11,14,16,18H,1-2,4-5,8-9,12-13H2,(H,19,20)/t16-/m0/s1. The third-order valence-corrected chi connectivity index (χ3v) is 4.26. The third kappa shape index (κ3) is 4.64. The van der Waals surface area contributed by atoms with Gasteiger partial charge in [0.1, 0.15) is 6.04 Å². The Balaban J connectivity index is 1.82. The van der Waals surface area contributed by atoms with Crippen LogP contribution in [0.15, 0.2) is 30.3 Å². The van der Waals surface area contributed by atoms with Gasteiger partial charge in [0.25, 0.3) is 0 Å². The molecule has 20 heavy (non-hydrogen) atoms. The highest BCUT2D eigenvalue weighted by molar-refractivity contribution is 5.75. The lowest BCUT2D eigenvalue weighted by Crippen LogP contribution is -2.30. The van der Waals surface area contributed by atoms with Crippen LogP contribution in [-0.2, 0) is 4.79 Å². The molecule has 110 valence electrons. The van der Waals surface area contributed by atoms with Crippen molar-refractivity contribution in [2.75, 3.05) is 6.54 Å². The molecular formula is C17H25NO2. The van der Waals surface area contributed by atoms with Crippen LogP contribution in [0.25, 0.3) is 0 Å². The van der Waals surface area contributed by atoms with E-state index in [-0.39, 0.29) is 0 Å². The summed E-state index contributed by atoms with van der Waals surface area (Å²) < 4.78 is 0. The fraction of sp³-hybridized carbons (Fsp3) is 0.588.